The molecule has 4 aromatic rings. The predicted octanol–water partition coefficient (Wildman–Crippen LogP) is 0.853. The molecule has 0 nitrogen and oxygen atoms in total. The first kappa shape index (κ1) is 29.6. The molecule has 0 saturated carbocycles. The van der Waals surface area contributed by atoms with Crippen LogP contribution >= 0.6 is 0 Å². The minimum absolute atomic E-state index is 0. The molecule has 0 radical (unpaired) electrons. The fourth-order valence-electron chi connectivity index (χ4n) is 5.06. The van der Waals surface area contributed by atoms with Crippen LogP contribution in [0, 0.1) is 0 Å². The summed E-state index contributed by atoms with van der Waals surface area (Å²) in [7, 11) is -2.95. The van der Waals surface area contributed by atoms with Crippen LogP contribution in [0.1, 0.15) is 25.0 Å². The Hall–Kier alpha value is -0.443. The van der Waals surface area contributed by atoms with Gasteiger partial charge in [0.15, 0.2) is 0 Å². The van der Waals surface area contributed by atoms with E-state index >= 15 is 0 Å². The molecular weight excluding hydrogens is 543 g/mol. The Morgan fingerprint density at radius 2 is 1.28 bits per heavy atom. The summed E-state index contributed by atoms with van der Waals surface area (Å²) in [5, 5.41) is 9.02. The van der Waals surface area contributed by atoms with Crippen molar-refractivity contribution in [1.29, 1.82) is 0 Å². The van der Waals surface area contributed by atoms with Gasteiger partial charge < -0.3 is 24.8 Å². The van der Waals surface area contributed by atoms with Crippen LogP contribution in [-0.2, 0) is 31.6 Å². The van der Waals surface area contributed by atoms with Crippen molar-refractivity contribution in [2.24, 2.45) is 0 Å². The average Bonchev–Trinajstić information content (AvgIpc) is 3.21. The molecule has 0 aromatic heterocycles. The van der Waals surface area contributed by atoms with E-state index in [0.717, 1.165) is 0 Å². The van der Waals surface area contributed by atoms with Crippen LogP contribution < -0.4 is 35.2 Å². The Morgan fingerprint density at radius 3 is 1.84 bits per heavy atom. The van der Waals surface area contributed by atoms with Crippen LogP contribution in [0.15, 0.2) is 60.7 Å². The van der Waals surface area contributed by atoms with E-state index in [0.29, 0.717) is 0 Å². The minimum Gasteiger partial charge on any atom is -1.00 e. The van der Waals surface area contributed by atoms with Gasteiger partial charge in [0.25, 0.3) is 0 Å². The van der Waals surface area contributed by atoms with Gasteiger partial charge in [-0.15, -0.1) is 81.2 Å². The number of halogens is 2. The molecule has 0 saturated heterocycles. The smallest absolute Gasteiger partial charge is 1.00 e. The summed E-state index contributed by atoms with van der Waals surface area (Å²) in [4.78, 5) is 0. The number of fused-ring (bicyclic) bond motifs is 2. The van der Waals surface area contributed by atoms with Gasteiger partial charge in [-0.2, -0.15) is 10.4 Å². The number of hydrogen-bond acceptors (Lipinski definition) is 0. The Kier molecular flexibility index (Phi) is 9.29. The number of rotatable bonds is 4. The minimum atomic E-state index is -1.52. The van der Waals surface area contributed by atoms with Crippen LogP contribution in [0.4, 0.5) is 0 Å². The van der Waals surface area contributed by atoms with Crippen LogP contribution in [0.3, 0.4) is 0 Å². The van der Waals surface area contributed by atoms with Crippen molar-refractivity contribution in [3.63, 3.8) is 0 Å². The Balaban J connectivity index is 0.00000171. The van der Waals surface area contributed by atoms with Crippen LogP contribution in [0.2, 0.25) is 39.3 Å². The van der Waals surface area contributed by atoms with Gasteiger partial charge >= 0.3 is 26.2 Å². The zero-order valence-electron chi connectivity index (χ0n) is 20.5. The van der Waals surface area contributed by atoms with Gasteiger partial charge in [0.2, 0.25) is 0 Å². The maximum absolute atomic E-state index is 2.56. The molecule has 0 amide bonds. The van der Waals surface area contributed by atoms with Gasteiger partial charge in [0.1, 0.15) is 0 Å². The summed E-state index contributed by atoms with van der Waals surface area (Å²) in [5.41, 5.74) is 3.02. The second-order valence-electron chi connectivity index (χ2n) is 11.2. The molecule has 168 valence electrons. The molecule has 0 aliphatic carbocycles. The molecule has 0 N–H and O–H groups in total. The van der Waals surface area contributed by atoms with E-state index in [1.54, 1.807) is 10.4 Å². The quantitative estimate of drug-likeness (QED) is 0.250. The van der Waals surface area contributed by atoms with Crippen LogP contribution in [0.25, 0.3) is 21.5 Å². The van der Waals surface area contributed by atoms with Crippen molar-refractivity contribution in [2.45, 2.75) is 58.5 Å². The molecule has 0 fully saturated rings. The zero-order valence-corrected chi connectivity index (χ0v) is 26.5. The summed E-state index contributed by atoms with van der Waals surface area (Å²) in [5.74, 6) is 0. The third-order valence-corrected chi connectivity index (χ3v) is 10.6. The second kappa shape index (κ2) is 10.0. The molecule has 0 spiro atoms. The fourth-order valence-corrected chi connectivity index (χ4v) is 8.89. The van der Waals surface area contributed by atoms with E-state index in [2.05, 4.69) is 114 Å². The monoisotopic (exact) mass is 574 g/mol. The maximum atomic E-state index is 2.56. The molecule has 0 heterocycles. The second-order valence-corrected chi connectivity index (χ2v) is 21.2. The Labute approximate surface area is 227 Å². The van der Waals surface area contributed by atoms with E-state index < -0.39 is 16.1 Å². The standard InChI is InChI=1S/C27H34Si2.2ClH.Zr/c1-27(2,23-18-25(28(3,4)5)22-16-12-11-15-21(22)23)24-17-19-13-9-10-14-20(19)26(24)29(6,7)8;;;/h9-18H,1-8H3;2*1H;/q-2;;;+4/p-2. The van der Waals surface area contributed by atoms with E-state index in [1.165, 1.54) is 32.7 Å². The molecule has 0 aliphatic heterocycles. The van der Waals surface area contributed by atoms with Crippen molar-refractivity contribution in [3.8, 4) is 0 Å². The summed E-state index contributed by atoms with van der Waals surface area (Å²) >= 11 is 0. The molecule has 0 atom stereocenters. The van der Waals surface area contributed by atoms with Crippen LogP contribution in [0.5, 0.6) is 0 Å². The molecule has 32 heavy (non-hydrogen) atoms. The van der Waals surface area contributed by atoms with E-state index in [9.17, 15) is 0 Å². The van der Waals surface area contributed by atoms with Crippen molar-refractivity contribution in [2.75, 3.05) is 0 Å². The summed E-state index contributed by atoms with van der Waals surface area (Å²) in [6, 6.07) is 23.1. The topological polar surface area (TPSA) is 0 Å². The van der Waals surface area contributed by atoms with Gasteiger partial charge in [0, 0.05) is 16.1 Å². The Morgan fingerprint density at radius 1 is 0.750 bits per heavy atom. The third kappa shape index (κ3) is 4.98. The normalized spacial score (nSPS) is 12.2. The van der Waals surface area contributed by atoms with E-state index in [-0.39, 0.29) is 56.4 Å². The van der Waals surface area contributed by atoms with Gasteiger partial charge in [-0.1, -0.05) is 65.3 Å². The first-order chi connectivity index (χ1) is 13.4. The molecule has 5 heteroatoms. The number of benzene rings is 2. The van der Waals surface area contributed by atoms with Crippen molar-refractivity contribution in [1.82, 2.24) is 0 Å². The summed E-state index contributed by atoms with van der Waals surface area (Å²) in [6.07, 6.45) is 0. The first-order valence-electron chi connectivity index (χ1n) is 10.8. The summed E-state index contributed by atoms with van der Waals surface area (Å²) < 4.78 is 0. The average molecular weight is 577 g/mol. The van der Waals surface area contributed by atoms with E-state index in [4.69, 9.17) is 0 Å². The van der Waals surface area contributed by atoms with Crippen molar-refractivity contribution >= 4 is 48.1 Å². The number of hydrogen-bond donors (Lipinski definition) is 0. The SMILES string of the molecule is CC(C)(c1[cH-]c2ccccc2c1[Si](C)(C)C)[c-]1cc([Si](C)(C)C)c2ccccc21.[Cl-].[Cl-].[Zr+4]. The Bertz CT molecular complexity index is 1200. The van der Waals surface area contributed by atoms with Gasteiger partial charge in [-0.05, 0) is 5.41 Å². The fraction of sp³-hybridized carbons (Fsp3) is 0.333. The molecule has 0 unspecified atom stereocenters. The molecule has 0 aliphatic rings. The summed E-state index contributed by atoms with van der Waals surface area (Å²) in [6.45, 7) is 19.8. The molecular formula is C27H34Cl2Si2Zr. The van der Waals surface area contributed by atoms with Gasteiger partial charge in [-0.3, -0.25) is 0 Å². The van der Waals surface area contributed by atoms with Gasteiger partial charge in [-0.25, -0.2) is 0 Å². The van der Waals surface area contributed by atoms with Crippen LogP contribution in [-0.4, -0.2) is 16.1 Å². The largest absolute Gasteiger partial charge is 4.00 e. The third-order valence-electron chi connectivity index (χ3n) is 6.50. The molecule has 4 rings (SSSR count). The molecule has 4 aromatic carbocycles. The predicted molar refractivity (Wildman–Crippen MR) is 137 cm³/mol. The maximum Gasteiger partial charge on any atom is 4.00 e. The first-order valence-corrected chi connectivity index (χ1v) is 17.8. The van der Waals surface area contributed by atoms with Crippen molar-refractivity contribution < 1.29 is 51.0 Å². The molecule has 0 bridgehead atoms. The van der Waals surface area contributed by atoms with Crippen molar-refractivity contribution in [3.05, 3.63) is 71.8 Å². The zero-order chi connectivity index (χ0) is 21.2. The van der Waals surface area contributed by atoms with E-state index in [1.807, 2.05) is 0 Å². The van der Waals surface area contributed by atoms with Gasteiger partial charge in [0.05, 0.1) is 0 Å².